The first kappa shape index (κ1) is 15.4. The Kier molecular flexibility index (Phi) is 3.69. The third-order valence-electron chi connectivity index (χ3n) is 4.18. The number of anilines is 2. The van der Waals surface area contributed by atoms with Crippen molar-refractivity contribution in [1.82, 2.24) is 9.97 Å². The fourth-order valence-electron chi connectivity index (χ4n) is 3.16. The lowest BCUT2D eigenvalue weighted by molar-refractivity contribution is 0.0702. The van der Waals surface area contributed by atoms with Gasteiger partial charge in [0.2, 0.25) is 0 Å². The van der Waals surface area contributed by atoms with Crippen molar-refractivity contribution in [2.45, 2.75) is 24.5 Å². The van der Waals surface area contributed by atoms with Crippen LogP contribution in [0.4, 0.5) is 11.5 Å². The standard InChI is InChI=1S/C17H15N3O2S2/c1-9-7-10-5-3-4-6-12(10)20(9)14-11-8-13(16(21)22)24-15(11)19-17(18-14)23-2/h3-6,8-9H,7H2,1-2H3,(H,21,22)/t9-/m1/s1. The van der Waals surface area contributed by atoms with Crippen LogP contribution in [0.25, 0.3) is 10.2 Å². The highest BCUT2D eigenvalue weighted by molar-refractivity contribution is 7.98. The molecule has 0 saturated carbocycles. The third kappa shape index (κ3) is 2.35. The quantitative estimate of drug-likeness (QED) is 0.560. The minimum Gasteiger partial charge on any atom is -0.477 e. The molecule has 24 heavy (non-hydrogen) atoms. The molecule has 5 nitrogen and oxygen atoms in total. The van der Waals surface area contributed by atoms with E-state index in [0.717, 1.165) is 28.1 Å². The second kappa shape index (κ2) is 5.75. The second-order valence-electron chi connectivity index (χ2n) is 5.72. The Balaban J connectivity index is 1.97. The van der Waals surface area contributed by atoms with Gasteiger partial charge in [0.25, 0.3) is 0 Å². The van der Waals surface area contributed by atoms with E-state index in [2.05, 4.69) is 28.9 Å². The number of carbonyl (C=O) groups is 1. The molecular formula is C17H15N3O2S2. The van der Waals surface area contributed by atoms with Gasteiger partial charge in [-0.2, -0.15) is 0 Å². The number of para-hydroxylation sites is 1. The molecule has 0 radical (unpaired) electrons. The van der Waals surface area contributed by atoms with Crippen LogP contribution in [0.15, 0.2) is 35.5 Å². The predicted molar refractivity (Wildman–Crippen MR) is 97.9 cm³/mol. The van der Waals surface area contributed by atoms with E-state index in [4.69, 9.17) is 4.98 Å². The van der Waals surface area contributed by atoms with E-state index in [0.29, 0.717) is 10.0 Å². The van der Waals surface area contributed by atoms with Crippen LogP contribution < -0.4 is 4.90 Å². The number of rotatable bonds is 3. The van der Waals surface area contributed by atoms with Crippen LogP contribution in [0.5, 0.6) is 0 Å². The molecule has 1 atom stereocenters. The monoisotopic (exact) mass is 357 g/mol. The molecule has 0 fully saturated rings. The zero-order valence-electron chi connectivity index (χ0n) is 13.2. The highest BCUT2D eigenvalue weighted by Gasteiger charge is 2.30. The van der Waals surface area contributed by atoms with Gasteiger partial charge < -0.3 is 10.0 Å². The second-order valence-corrected chi connectivity index (χ2v) is 7.52. The SMILES string of the molecule is CSc1nc(N2c3ccccc3C[C@H]2C)c2cc(C(=O)O)sc2n1. The highest BCUT2D eigenvalue weighted by atomic mass is 32.2. The highest BCUT2D eigenvalue weighted by Crippen LogP contribution is 2.42. The van der Waals surface area contributed by atoms with E-state index < -0.39 is 5.97 Å². The number of carboxylic acids is 1. The maximum absolute atomic E-state index is 11.4. The minimum atomic E-state index is -0.926. The summed E-state index contributed by atoms with van der Waals surface area (Å²) < 4.78 is 0. The van der Waals surface area contributed by atoms with Crippen molar-refractivity contribution < 1.29 is 9.90 Å². The average Bonchev–Trinajstić information content (AvgIpc) is 3.14. The van der Waals surface area contributed by atoms with E-state index in [1.807, 2.05) is 18.4 Å². The molecule has 0 unspecified atom stereocenters. The molecule has 0 bridgehead atoms. The zero-order valence-corrected chi connectivity index (χ0v) is 14.8. The number of benzene rings is 1. The van der Waals surface area contributed by atoms with E-state index in [9.17, 15) is 9.90 Å². The van der Waals surface area contributed by atoms with Crippen molar-refractivity contribution in [3.05, 3.63) is 40.8 Å². The lowest BCUT2D eigenvalue weighted by Gasteiger charge is -2.24. The van der Waals surface area contributed by atoms with E-state index in [1.54, 1.807) is 6.07 Å². The number of thioether (sulfide) groups is 1. The molecule has 4 rings (SSSR count). The van der Waals surface area contributed by atoms with Gasteiger partial charge in [-0.15, -0.1) is 11.3 Å². The molecule has 3 heterocycles. The first-order valence-electron chi connectivity index (χ1n) is 7.54. The summed E-state index contributed by atoms with van der Waals surface area (Å²) in [7, 11) is 0. The van der Waals surface area contributed by atoms with Crippen molar-refractivity contribution in [3.63, 3.8) is 0 Å². The Bertz CT molecular complexity index is 954. The molecule has 1 aliphatic rings. The van der Waals surface area contributed by atoms with Crippen LogP contribution in [0, 0.1) is 0 Å². The van der Waals surface area contributed by atoms with Gasteiger partial charge in [0, 0.05) is 11.7 Å². The van der Waals surface area contributed by atoms with Crippen molar-refractivity contribution in [1.29, 1.82) is 0 Å². The number of carboxylic acid groups (broad SMARTS) is 1. The summed E-state index contributed by atoms with van der Waals surface area (Å²) in [5.41, 5.74) is 2.43. The molecule has 2 aromatic heterocycles. The Morgan fingerprint density at radius 1 is 1.38 bits per heavy atom. The maximum atomic E-state index is 11.4. The molecule has 0 amide bonds. The topological polar surface area (TPSA) is 66.3 Å². The summed E-state index contributed by atoms with van der Waals surface area (Å²) in [6.07, 6.45) is 2.88. The van der Waals surface area contributed by atoms with Crippen LogP contribution in [-0.2, 0) is 6.42 Å². The fourth-order valence-corrected chi connectivity index (χ4v) is 4.44. The number of aromatic nitrogens is 2. The van der Waals surface area contributed by atoms with Crippen LogP contribution in [-0.4, -0.2) is 33.3 Å². The minimum absolute atomic E-state index is 0.267. The number of aromatic carboxylic acids is 1. The van der Waals surface area contributed by atoms with Gasteiger partial charge >= 0.3 is 5.97 Å². The molecule has 122 valence electrons. The summed E-state index contributed by atoms with van der Waals surface area (Å²) >= 11 is 2.67. The van der Waals surface area contributed by atoms with Crippen molar-refractivity contribution in [3.8, 4) is 0 Å². The van der Waals surface area contributed by atoms with Crippen LogP contribution in [0.1, 0.15) is 22.2 Å². The molecule has 1 aliphatic heterocycles. The number of thiophene rings is 1. The number of fused-ring (bicyclic) bond motifs is 2. The van der Waals surface area contributed by atoms with Crippen LogP contribution >= 0.6 is 23.1 Å². The normalized spacial score (nSPS) is 16.6. The molecule has 0 spiro atoms. The van der Waals surface area contributed by atoms with Gasteiger partial charge in [-0.1, -0.05) is 30.0 Å². The molecular weight excluding hydrogens is 342 g/mol. The number of nitrogens with zero attached hydrogens (tertiary/aromatic N) is 3. The smallest absolute Gasteiger partial charge is 0.345 e. The van der Waals surface area contributed by atoms with Gasteiger partial charge in [-0.05, 0) is 37.3 Å². The van der Waals surface area contributed by atoms with E-state index >= 15 is 0 Å². The summed E-state index contributed by atoms with van der Waals surface area (Å²) in [5, 5.41) is 10.8. The van der Waals surface area contributed by atoms with E-state index in [-0.39, 0.29) is 6.04 Å². The average molecular weight is 357 g/mol. The van der Waals surface area contributed by atoms with Gasteiger partial charge in [0.15, 0.2) is 5.16 Å². The van der Waals surface area contributed by atoms with Crippen molar-refractivity contribution in [2.75, 3.05) is 11.2 Å². The molecule has 1 N–H and O–H groups in total. The van der Waals surface area contributed by atoms with Gasteiger partial charge in [0.1, 0.15) is 15.5 Å². The van der Waals surface area contributed by atoms with Gasteiger partial charge in [-0.25, -0.2) is 14.8 Å². The molecule has 7 heteroatoms. The first-order chi connectivity index (χ1) is 11.6. The van der Waals surface area contributed by atoms with Crippen molar-refractivity contribution >= 4 is 50.8 Å². The Labute approximate surface area is 147 Å². The van der Waals surface area contributed by atoms with Crippen LogP contribution in [0.3, 0.4) is 0 Å². The lowest BCUT2D eigenvalue weighted by Crippen LogP contribution is -2.25. The summed E-state index contributed by atoms with van der Waals surface area (Å²) in [6, 6.07) is 10.3. The molecule has 0 saturated heterocycles. The molecule has 3 aromatic rings. The van der Waals surface area contributed by atoms with Crippen LogP contribution in [0.2, 0.25) is 0 Å². The molecule has 0 aliphatic carbocycles. The summed E-state index contributed by atoms with van der Waals surface area (Å²) in [6.45, 7) is 2.16. The first-order valence-corrected chi connectivity index (χ1v) is 9.58. The number of hydrogen-bond acceptors (Lipinski definition) is 6. The molecule has 1 aromatic carbocycles. The lowest BCUT2D eigenvalue weighted by atomic mass is 10.1. The Morgan fingerprint density at radius 3 is 2.92 bits per heavy atom. The number of hydrogen-bond donors (Lipinski definition) is 1. The van der Waals surface area contributed by atoms with Gasteiger partial charge in [-0.3, -0.25) is 0 Å². The largest absolute Gasteiger partial charge is 0.477 e. The zero-order chi connectivity index (χ0) is 16.8. The predicted octanol–water partition coefficient (Wildman–Crippen LogP) is 4.19. The Morgan fingerprint density at radius 2 is 2.17 bits per heavy atom. The fraction of sp³-hybridized carbons (Fsp3) is 0.235. The maximum Gasteiger partial charge on any atom is 0.345 e. The van der Waals surface area contributed by atoms with E-state index in [1.165, 1.54) is 28.7 Å². The Hall–Kier alpha value is -2.12. The summed E-state index contributed by atoms with van der Waals surface area (Å²) in [4.78, 5) is 23.8. The van der Waals surface area contributed by atoms with Gasteiger partial charge in [0.05, 0.1) is 5.39 Å². The summed E-state index contributed by atoms with van der Waals surface area (Å²) in [5.74, 6) is -0.130. The third-order valence-corrected chi connectivity index (χ3v) is 5.75. The van der Waals surface area contributed by atoms with Crippen molar-refractivity contribution in [2.24, 2.45) is 0 Å².